The molecule has 3 aromatic rings. The molecule has 0 saturated carbocycles. The third kappa shape index (κ3) is 1.89. The quantitative estimate of drug-likeness (QED) is 0.676. The Morgan fingerprint density at radius 1 is 1.30 bits per heavy atom. The van der Waals surface area contributed by atoms with Gasteiger partial charge in [-0.05, 0) is 46.3 Å². The molecule has 98 valence electrons. The second-order valence-electron chi connectivity index (χ2n) is 4.41. The molecule has 0 spiro atoms. The molecule has 0 amide bonds. The summed E-state index contributed by atoms with van der Waals surface area (Å²) in [5.74, 6) is 0.296. The SMILES string of the molecule is Cn1c(-c2ccc(Br)c(F)c2)nc2c(C#N)cccc21. The van der Waals surface area contributed by atoms with E-state index in [1.807, 2.05) is 23.7 Å². The fourth-order valence-electron chi connectivity index (χ4n) is 2.20. The molecular weight excluding hydrogens is 321 g/mol. The Labute approximate surface area is 123 Å². The molecule has 0 fully saturated rings. The zero-order chi connectivity index (χ0) is 14.3. The molecule has 0 unspecified atom stereocenters. The number of hydrogen-bond donors (Lipinski definition) is 0. The van der Waals surface area contributed by atoms with Gasteiger partial charge in [-0.2, -0.15) is 5.26 Å². The topological polar surface area (TPSA) is 41.6 Å². The largest absolute Gasteiger partial charge is 0.327 e. The van der Waals surface area contributed by atoms with Crippen molar-refractivity contribution < 1.29 is 4.39 Å². The van der Waals surface area contributed by atoms with Gasteiger partial charge in [0.15, 0.2) is 0 Å². The van der Waals surface area contributed by atoms with Gasteiger partial charge in [0.25, 0.3) is 0 Å². The lowest BCUT2D eigenvalue weighted by Crippen LogP contribution is -1.93. The van der Waals surface area contributed by atoms with Crippen molar-refractivity contribution in [3.63, 3.8) is 0 Å². The van der Waals surface area contributed by atoms with E-state index in [0.29, 0.717) is 26.9 Å². The van der Waals surface area contributed by atoms with Crippen molar-refractivity contribution in [3.8, 4) is 17.5 Å². The molecule has 0 aliphatic heterocycles. The van der Waals surface area contributed by atoms with Gasteiger partial charge >= 0.3 is 0 Å². The normalized spacial score (nSPS) is 10.7. The Morgan fingerprint density at radius 2 is 2.10 bits per heavy atom. The first-order valence-electron chi connectivity index (χ1n) is 5.93. The van der Waals surface area contributed by atoms with E-state index in [-0.39, 0.29) is 5.82 Å². The van der Waals surface area contributed by atoms with Crippen LogP contribution in [0.3, 0.4) is 0 Å². The monoisotopic (exact) mass is 329 g/mol. The van der Waals surface area contributed by atoms with Gasteiger partial charge in [-0.25, -0.2) is 9.37 Å². The van der Waals surface area contributed by atoms with Gasteiger partial charge in [0, 0.05) is 12.6 Å². The second kappa shape index (κ2) is 4.73. The molecule has 0 N–H and O–H groups in total. The van der Waals surface area contributed by atoms with E-state index in [1.165, 1.54) is 6.07 Å². The maximum Gasteiger partial charge on any atom is 0.141 e. The van der Waals surface area contributed by atoms with Gasteiger partial charge in [0.1, 0.15) is 23.2 Å². The number of nitriles is 1. The molecule has 3 rings (SSSR count). The average Bonchev–Trinajstić information content (AvgIpc) is 2.79. The molecule has 0 aliphatic carbocycles. The standard InChI is InChI=1S/C15H9BrFN3/c1-20-13-4-2-3-10(8-18)14(13)19-15(20)9-5-6-11(16)12(17)7-9/h2-7H,1H3. The van der Waals surface area contributed by atoms with Crippen molar-refractivity contribution in [2.75, 3.05) is 0 Å². The summed E-state index contributed by atoms with van der Waals surface area (Å²) in [5.41, 5.74) is 2.67. The number of aromatic nitrogens is 2. The fourth-order valence-corrected chi connectivity index (χ4v) is 2.44. The first-order valence-corrected chi connectivity index (χ1v) is 6.72. The maximum absolute atomic E-state index is 13.7. The number of para-hydroxylation sites is 1. The van der Waals surface area contributed by atoms with Crippen molar-refractivity contribution in [3.05, 3.63) is 52.3 Å². The minimum absolute atomic E-state index is 0.338. The van der Waals surface area contributed by atoms with E-state index in [1.54, 1.807) is 18.2 Å². The van der Waals surface area contributed by atoms with Gasteiger partial charge in [-0.3, -0.25) is 0 Å². The van der Waals surface area contributed by atoms with Crippen LogP contribution in [0.25, 0.3) is 22.4 Å². The molecule has 20 heavy (non-hydrogen) atoms. The Kier molecular flexibility index (Phi) is 3.03. The van der Waals surface area contributed by atoms with Crippen molar-refractivity contribution >= 4 is 27.0 Å². The van der Waals surface area contributed by atoms with E-state index < -0.39 is 0 Å². The lowest BCUT2D eigenvalue weighted by atomic mass is 10.2. The third-order valence-electron chi connectivity index (χ3n) is 3.21. The Bertz CT molecular complexity index is 861. The lowest BCUT2D eigenvalue weighted by Gasteiger charge is -2.03. The van der Waals surface area contributed by atoms with Gasteiger partial charge < -0.3 is 4.57 Å². The predicted molar refractivity (Wildman–Crippen MR) is 78.5 cm³/mol. The number of benzene rings is 2. The van der Waals surface area contributed by atoms with Crippen molar-refractivity contribution in [2.24, 2.45) is 7.05 Å². The number of imidazole rings is 1. The molecular formula is C15H9BrFN3. The fraction of sp³-hybridized carbons (Fsp3) is 0.0667. The number of rotatable bonds is 1. The summed E-state index contributed by atoms with van der Waals surface area (Å²) in [6, 6.07) is 12.4. The zero-order valence-electron chi connectivity index (χ0n) is 10.6. The Hall–Kier alpha value is -2.19. The molecule has 0 saturated heterocycles. The number of halogens is 2. The second-order valence-corrected chi connectivity index (χ2v) is 5.26. The molecule has 0 atom stereocenters. The van der Waals surface area contributed by atoms with Gasteiger partial charge in [0.05, 0.1) is 15.6 Å². The van der Waals surface area contributed by atoms with Gasteiger partial charge in [0.2, 0.25) is 0 Å². The summed E-state index contributed by atoms with van der Waals surface area (Å²) < 4.78 is 15.9. The molecule has 1 aromatic heterocycles. The zero-order valence-corrected chi connectivity index (χ0v) is 12.1. The number of aryl methyl sites for hydroxylation is 1. The van der Waals surface area contributed by atoms with Crippen molar-refractivity contribution in [1.29, 1.82) is 5.26 Å². The summed E-state index contributed by atoms with van der Waals surface area (Å²) in [5, 5.41) is 9.12. The van der Waals surface area contributed by atoms with Crippen LogP contribution in [-0.2, 0) is 7.05 Å². The van der Waals surface area contributed by atoms with Crippen LogP contribution in [0.1, 0.15) is 5.56 Å². The van der Waals surface area contributed by atoms with E-state index in [0.717, 1.165) is 5.52 Å². The van der Waals surface area contributed by atoms with Crippen molar-refractivity contribution in [2.45, 2.75) is 0 Å². The van der Waals surface area contributed by atoms with Crippen LogP contribution in [0.5, 0.6) is 0 Å². The minimum atomic E-state index is -0.338. The van der Waals surface area contributed by atoms with Crippen LogP contribution in [-0.4, -0.2) is 9.55 Å². The molecule has 0 aliphatic rings. The molecule has 0 bridgehead atoms. The molecule has 1 heterocycles. The molecule has 0 radical (unpaired) electrons. The molecule has 2 aromatic carbocycles. The summed E-state index contributed by atoms with van der Waals surface area (Å²) in [6.45, 7) is 0. The maximum atomic E-state index is 13.7. The average molecular weight is 330 g/mol. The van der Waals surface area contributed by atoms with Crippen LogP contribution in [0.2, 0.25) is 0 Å². The highest BCUT2D eigenvalue weighted by atomic mass is 79.9. The van der Waals surface area contributed by atoms with E-state index in [4.69, 9.17) is 5.26 Å². The van der Waals surface area contributed by atoms with E-state index >= 15 is 0 Å². The number of nitrogens with zero attached hydrogens (tertiary/aromatic N) is 3. The van der Waals surface area contributed by atoms with E-state index in [9.17, 15) is 4.39 Å². The predicted octanol–water partition coefficient (Wildman–Crippen LogP) is 4.01. The van der Waals surface area contributed by atoms with E-state index in [2.05, 4.69) is 27.0 Å². The summed E-state index contributed by atoms with van der Waals surface area (Å²) in [7, 11) is 1.85. The first-order chi connectivity index (χ1) is 9.61. The van der Waals surface area contributed by atoms with Gasteiger partial charge in [-0.1, -0.05) is 6.07 Å². The van der Waals surface area contributed by atoms with Crippen LogP contribution in [0.15, 0.2) is 40.9 Å². The summed E-state index contributed by atoms with van der Waals surface area (Å²) in [4.78, 5) is 4.48. The van der Waals surface area contributed by atoms with Gasteiger partial charge in [-0.15, -0.1) is 0 Å². The highest BCUT2D eigenvalue weighted by Gasteiger charge is 2.13. The summed E-state index contributed by atoms with van der Waals surface area (Å²) >= 11 is 3.13. The number of hydrogen-bond acceptors (Lipinski definition) is 2. The van der Waals surface area contributed by atoms with Crippen molar-refractivity contribution in [1.82, 2.24) is 9.55 Å². The van der Waals surface area contributed by atoms with Crippen LogP contribution in [0, 0.1) is 17.1 Å². The minimum Gasteiger partial charge on any atom is -0.327 e. The highest BCUT2D eigenvalue weighted by Crippen LogP contribution is 2.27. The first kappa shape index (κ1) is 12.8. The van der Waals surface area contributed by atoms with Crippen LogP contribution in [0.4, 0.5) is 4.39 Å². The van der Waals surface area contributed by atoms with Crippen LogP contribution >= 0.6 is 15.9 Å². The highest BCUT2D eigenvalue weighted by molar-refractivity contribution is 9.10. The smallest absolute Gasteiger partial charge is 0.141 e. The molecule has 3 nitrogen and oxygen atoms in total. The Balaban J connectivity index is 2.29. The third-order valence-corrected chi connectivity index (χ3v) is 3.85. The Morgan fingerprint density at radius 3 is 2.80 bits per heavy atom. The molecule has 5 heteroatoms. The lowest BCUT2D eigenvalue weighted by molar-refractivity contribution is 0.621. The number of fused-ring (bicyclic) bond motifs is 1. The van der Waals surface area contributed by atoms with Crippen LogP contribution < -0.4 is 0 Å². The summed E-state index contributed by atoms with van der Waals surface area (Å²) in [6.07, 6.45) is 0.